The minimum absolute atomic E-state index is 0.335. The summed E-state index contributed by atoms with van der Waals surface area (Å²) in [5, 5.41) is 14.4. The normalized spacial score (nSPS) is 10.8. The summed E-state index contributed by atoms with van der Waals surface area (Å²) in [6.45, 7) is 2.06. The molecule has 3 aromatic rings. The van der Waals surface area contributed by atoms with Gasteiger partial charge in [0.25, 0.3) is 0 Å². The molecule has 0 bridgehead atoms. The first-order chi connectivity index (χ1) is 9.19. The van der Waals surface area contributed by atoms with Crippen molar-refractivity contribution in [2.24, 2.45) is 0 Å². The highest BCUT2D eigenvalue weighted by molar-refractivity contribution is 7.13. The van der Waals surface area contributed by atoms with E-state index in [1.54, 1.807) is 18.4 Å². The lowest BCUT2D eigenvalue weighted by Crippen LogP contribution is -1.84. The molecule has 0 spiro atoms. The molecule has 1 N–H and O–H groups in total. The quantitative estimate of drug-likeness (QED) is 0.738. The van der Waals surface area contributed by atoms with Gasteiger partial charge in [0.05, 0.1) is 7.11 Å². The molecule has 0 aliphatic heterocycles. The summed E-state index contributed by atoms with van der Waals surface area (Å²) in [5.41, 5.74) is 2.10. The van der Waals surface area contributed by atoms with Crippen molar-refractivity contribution >= 4 is 22.1 Å². The summed E-state index contributed by atoms with van der Waals surface area (Å²) >= 11 is 1.65. The summed E-state index contributed by atoms with van der Waals surface area (Å²) < 4.78 is 5.20. The van der Waals surface area contributed by atoms with E-state index in [0.29, 0.717) is 5.75 Å². The Balaban J connectivity index is 2.21. The lowest BCUT2D eigenvalue weighted by atomic mass is 10.0. The minimum atomic E-state index is 0.335. The van der Waals surface area contributed by atoms with Crippen molar-refractivity contribution in [3.8, 4) is 21.9 Å². The molecule has 19 heavy (non-hydrogen) atoms. The molecule has 0 fully saturated rings. The Hall–Kier alpha value is -2.00. The molecular weight excluding hydrogens is 256 g/mol. The average Bonchev–Trinajstić information content (AvgIpc) is 2.85. The van der Waals surface area contributed by atoms with Gasteiger partial charge in [0.2, 0.25) is 0 Å². The SMILES string of the molecule is COc1ccc2c(O)c(-c3cc(C)cs3)ccc2c1. The molecule has 0 amide bonds. The lowest BCUT2D eigenvalue weighted by molar-refractivity contribution is 0.415. The molecule has 2 aromatic carbocycles. The number of thiophene rings is 1. The zero-order valence-corrected chi connectivity index (χ0v) is 11.6. The van der Waals surface area contributed by atoms with Crippen LogP contribution in [-0.2, 0) is 0 Å². The Labute approximate surface area is 115 Å². The Morgan fingerprint density at radius 2 is 1.95 bits per heavy atom. The second-order valence-electron chi connectivity index (χ2n) is 4.54. The van der Waals surface area contributed by atoms with Crippen LogP contribution in [0.3, 0.4) is 0 Å². The maximum Gasteiger partial charge on any atom is 0.132 e. The van der Waals surface area contributed by atoms with Crippen molar-refractivity contribution in [3.63, 3.8) is 0 Å². The summed E-state index contributed by atoms with van der Waals surface area (Å²) in [7, 11) is 1.64. The van der Waals surface area contributed by atoms with Crippen LogP contribution in [0.1, 0.15) is 5.56 Å². The van der Waals surface area contributed by atoms with Gasteiger partial charge in [0.1, 0.15) is 11.5 Å². The number of phenols is 1. The molecule has 0 aliphatic carbocycles. The van der Waals surface area contributed by atoms with Crippen molar-refractivity contribution in [1.29, 1.82) is 0 Å². The molecular formula is C16H14O2S. The highest BCUT2D eigenvalue weighted by Gasteiger charge is 2.10. The van der Waals surface area contributed by atoms with Crippen molar-refractivity contribution in [1.82, 2.24) is 0 Å². The monoisotopic (exact) mass is 270 g/mol. The van der Waals surface area contributed by atoms with Crippen molar-refractivity contribution in [2.75, 3.05) is 7.11 Å². The van der Waals surface area contributed by atoms with Crippen LogP contribution in [0.15, 0.2) is 41.8 Å². The van der Waals surface area contributed by atoms with Gasteiger partial charge in [-0.1, -0.05) is 6.07 Å². The van der Waals surface area contributed by atoms with Crippen LogP contribution in [0.25, 0.3) is 21.2 Å². The third-order valence-corrected chi connectivity index (χ3v) is 4.28. The van der Waals surface area contributed by atoms with Gasteiger partial charge in [0.15, 0.2) is 0 Å². The summed E-state index contributed by atoms with van der Waals surface area (Å²) in [4.78, 5) is 1.09. The molecule has 3 heteroatoms. The molecule has 96 valence electrons. The molecule has 1 aromatic heterocycles. The van der Waals surface area contributed by atoms with E-state index < -0.39 is 0 Å². The van der Waals surface area contributed by atoms with E-state index >= 15 is 0 Å². The highest BCUT2D eigenvalue weighted by atomic mass is 32.1. The first kappa shape index (κ1) is 12.1. The van der Waals surface area contributed by atoms with Crippen molar-refractivity contribution in [2.45, 2.75) is 6.92 Å². The van der Waals surface area contributed by atoms with Crippen LogP contribution in [-0.4, -0.2) is 12.2 Å². The number of benzene rings is 2. The fourth-order valence-electron chi connectivity index (χ4n) is 2.19. The van der Waals surface area contributed by atoms with Gasteiger partial charge >= 0.3 is 0 Å². The molecule has 0 atom stereocenters. The molecule has 0 unspecified atom stereocenters. The fraction of sp³-hybridized carbons (Fsp3) is 0.125. The van der Waals surface area contributed by atoms with Crippen LogP contribution < -0.4 is 4.74 Å². The number of rotatable bonds is 2. The number of phenolic OH excluding ortho intramolecular Hbond substituents is 1. The predicted octanol–water partition coefficient (Wildman–Crippen LogP) is 4.59. The molecule has 0 radical (unpaired) electrons. The second-order valence-corrected chi connectivity index (χ2v) is 5.45. The van der Waals surface area contributed by atoms with Crippen LogP contribution in [0.2, 0.25) is 0 Å². The second kappa shape index (κ2) is 4.59. The number of aromatic hydroxyl groups is 1. The van der Waals surface area contributed by atoms with E-state index in [2.05, 4.69) is 18.4 Å². The van der Waals surface area contributed by atoms with Crippen molar-refractivity contribution < 1.29 is 9.84 Å². The van der Waals surface area contributed by atoms with Crippen LogP contribution in [0, 0.1) is 6.92 Å². The Morgan fingerprint density at radius 3 is 2.63 bits per heavy atom. The van der Waals surface area contributed by atoms with Gasteiger partial charge in [-0.2, -0.15) is 0 Å². The summed E-state index contributed by atoms with van der Waals surface area (Å²) in [5.74, 6) is 1.13. The fourth-order valence-corrected chi connectivity index (χ4v) is 3.12. The smallest absolute Gasteiger partial charge is 0.132 e. The zero-order chi connectivity index (χ0) is 13.4. The van der Waals surface area contributed by atoms with Gasteiger partial charge in [-0.15, -0.1) is 11.3 Å². The van der Waals surface area contributed by atoms with Crippen LogP contribution in [0.5, 0.6) is 11.5 Å². The third kappa shape index (κ3) is 2.06. The van der Waals surface area contributed by atoms with E-state index in [1.807, 2.05) is 30.3 Å². The average molecular weight is 270 g/mol. The first-order valence-electron chi connectivity index (χ1n) is 6.04. The maximum absolute atomic E-state index is 10.4. The maximum atomic E-state index is 10.4. The minimum Gasteiger partial charge on any atom is -0.507 e. The zero-order valence-electron chi connectivity index (χ0n) is 10.8. The largest absolute Gasteiger partial charge is 0.507 e. The predicted molar refractivity (Wildman–Crippen MR) is 80.2 cm³/mol. The summed E-state index contributed by atoms with van der Waals surface area (Å²) in [6, 6.07) is 11.8. The molecule has 0 aliphatic rings. The van der Waals surface area contributed by atoms with Gasteiger partial charge in [-0.05, 0) is 53.6 Å². The number of ether oxygens (including phenoxy) is 1. The molecule has 0 saturated heterocycles. The molecule has 1 heterocycles. The molecule has 2 nitrogen and oxygen atoms in total. The topological polar surface area (TPSA) is 29.5 Å². The van der Waals surface area contributed by atoms with E-state index in [9.17, 15) is 5.11 Å². The van der Waals surface area contributed by atoms with Gasteiger partial charge in [0, 0.05) is 15.8 Å². The van der Waals surface area contributed by atoms with Gasteiger partial charge in [-0.3, -0.25) is 0 Å². The Morgan fingerprint density at radius 1 is 1.11 bits per heavy atom. The number of fused-ring (bicyclic) bond motifs is 1. The Kier molecular flexibility index (Phi) is 2.91. The molecule has 0 saturated carbocycles. The Bertz CT molecular complexity index is 744. The van der Waals surface area contributed by atoms with E-state index in [-0.39, 0.29) is 0 Å². The lowest BCUT2D eigenvalue weighted by Gasteiger charge is -2.08. The van der Waals surface area contributed by atoms with E-state index in [1.165, 1.54) is 5.56 Å². The third-order valence-electron chi connectivity index (χ3n) is 3.19. The van der Waals surface area contributed by atoms with E-state index in [4.69, 9.17) is 4.74 Å². The summed E-state index contributed by atoms with van der Waals surface area (Å²) in [6.07, 6.45) is 0. The number of hydrogen-bond acceptors (Lipinski definition) is 3. The van der Waals surface area contributed by atoms with Crippen molar-refractivity contribution in [3.05, 3.63) is 47.3 Å². The van der Waals surface area contributed by atoms with E-state index in [0.717, 1.165) is 27.0 Å². The number of methoxy groups -OCH3 is 1. The number of aryl methyl sites for hydroxylation is 1. The standard InChI is InChI=1S/C16H14O2S/c1-10-7-15(19-9-10)14-5-3-11-8-12(18-2)4-6-13(11)16(14)17/h3-9,17H,1-2H3. The first-order valence-corrected chi connectivity index (χ1v) is 6.92. The highest BCUT2D eigenvalue weighted by Crippen LogP contribution is 2.39. The number of hydrogen-bond donors (Lipinski definition) is 1. The van der Waals surface area contributed by atoms with Gasteiger partial charge < -0.3 is 9.84 Å². The van der Waals surface area contributed by atoms with Gasteiger partial charge in [-0.25, -0.2) is 0 Å². The van der Waals surface area contributed by atoms with Crippen LogP contribution in [0.4, 0.5) is 0 Å². The molecule has 3 rings (SSSR count). The van der Waals surface area contributed by atoms with Crippen LogP contribution >= 0.6 is 11.3 Å².